The summed E-state index contributed by atoms with van der Waals surface area (Å²) in [7, 11) is 0. The second kappa shape index (κ2) is 8.26. The van der Waals surface area contributed by atoms with Crippen LogP contribution in [0.1, 0.15) is 47.8 Å². The summed E-state index contributed by atoms with van der Waals surface area (Å²) in [5.74, 6) is 0.805. The molecule has 28 heavy (non-hydrogen) atoms. The van der Waals surface area contributed by atoms with Gasteiger partial charge < -0.3 is 4.57 Å². The van der Waals surface area contributed by atoms with Crippen molar-refractivity contribution in [3.05, 3.63) is 63.5 Å². The maximum Gasteiger partial charge on any atom is 0.279 e. The molecule has 148 valence electrons. The van der Waals surface area contributed by atoms with Crippen molar-refractivity contribution in [3.8, 4) is 0 Å². The molecule has 0 saturated heterocycles. The van der Waals surface area contributed by atoms with E-state index in [0.29, 0.717) is 5.56 Å². The van der Waals surface area contributed by atoms with E-state index in [1.807, 2.05) is 24.3 Å². The monoisotopic (exact) mass is 412 g/mol. The molecule has 1 aromatic heterocycles. The van der Waals surface area contributed by atoms with E-state index in [0.717, 1.165) is 17.1 Å². The Kier molecular flexibility index (Phi) is 6.15. The summed E-state index contributed by atoms with van der Waals surface area (Å²) >= 11 is 3.41. The van der Waals surface area contributed by atoms with Gasteiger partial charge in [-0.15, -0.1) is 0 Å². The van der Waals surface area contributed by atoms with Crippen molar-refractivity contribution >= 4 is 39.2 Å². The predicted molar refractivity (Wildman–Crippen MR) is 123 cm³/mol. The van der Waals surface area contributed by atoms with Crippen LogP contribution in [0, 0.1) is 13.8 Å². The van der Waals surface area contributed by atoms with Crippen LogP contribution in [0.3, 0.4) is 0 Å². The number of nitrogens with zero attached hydrogens (tertiary/aromatic N) is 2. The minimum absolute atomic E-state index is 0.0699. The van der Waals surface area contributed by atoms with Gasteiger partial charge in [0.15, 0.2) is 4.80 Å². The number of fused-ring (bicyclic) bond motifs is 1. The first-order chi connectivity index (χ1) is 13.2. The van der Waals surface area contributed by atoms with Crippen molar-refractivity contribution in [2.45, 2.75) is 46.6 Å². The number of thiazole rings is 1. The molecule has 3 aromatic rings. The lowest BCUT2D eigenvalue weighted by Crippen LogP contribution is -2.18. The molecule has 5 heteroatoms. The molecule has 0 bridgehead atoms. The van der Waals surface area contributed by atoms with Crippen LogP contribution in [0.15, 0.2) is 41.4 Å². The second-order valence-corrected chi connectivity index (χ2v) is 10.2. The van der Waals surface area contributed by atoms with E-state index in [-0.39, 0.29) is 11.3 Å². The molecule has 0 spiro atoms. The van der Waals surface area contributed by atoms with E-state index < -0.39 is 0 Å². The quantitative estimate of drug-likeness (QED) is 0.549. The van der Waals surface area contributed by atoms with Gasteiger partial charge in [0.05, 0.1) is 10.2 Å². The fourth-order valence-electron chi connectivity index (χ4n) is 3.26. The van der Waals surface area contributed by atoms with Gasteiger partial charge in [-0.3, -0.25) is 4.79 Å². The molecular weight excluding hydrogens is 384 g/mol. The zero-order chi connectivity index (χ0) is 20.5. The standard InChI is InChI=1S/C23H28N2OS2/c1-15-13-16(2)20-19(14-15)25(11-12-27-6)22(28-20)24-21(26)17-7-9-18(10-8-17)23(3,4)5/h7-10,13-14H,11-12H2,1-6H3. The van der Waals surface area contributed by atoms with Crippen LogP contribution < -0.4 is 4.80 Å². The van der Waals surface area contributed by atoms with E-state index in [9.17, 15) is 4.79 Å². The molecule has 2 aromatic carbocycles. The van der Waals surface area contributed by atoms with Gasteiger partial charge in [0.2, 0.25) is 0 Å². The highest BCUT2D eigenvalue weighted by Crippen LogP contribution is 2.24. The van der Waals surface area contributed by atoms with Crippen LogP contribution in [-0.4, -0.2) is 22.5 Å². The van der Waals surface area contributed by atoms with Crippen LogP contribution >= 0.6 is 23.1 Å². The van der Waals surface area contributed by atoms with E-state index >= 15 is 0 Å². The Balaban J connectivity index is 2.07. The van der Waals surface area contributed by atoms with Crippen LogP contribution in [0.4, 0.5) is 0 Å². The Morgan fingerprint density at radius 3 is 2.43 bits per heavy atom. The minimum atomic E-state index is -0.181. The average molecular weight is 413 g/mol. The van der Waals surface area contributed by atoms with Crippen molar-refractivity contribution in [2.75, 3.05) is 12.0 Å². The number of aryl methyl sites for hydroxylation is 3. The molecule has 0 aliphatic carbocycles. The summed E-state index contributed by atoms with van der Waals surface area (Å²) in [6, 6.07) is 12.2. The van der Waals surface area contributed by atoms with Crippen molar-refractivity contribution in [3.63, 3.8) is 0 Å². The number of hydrogen-bond donors (Lipinski definition) is 0. The third-order valence-electron chi connectivity index (χ3n) is 4.83. The normalized spacial score (nSPS) is 12.7. The predicted octanol–water partition coefficient (Wildman–Crippen LogP) is 5.72. The smallest absolute Gasteiger partial charge is 0.279 e. The third-order valence-corrected chi connectivity index (χ3v) is 6.65. The zero-order valence-electron chi connectivity index (χ0n) is 17.5. The number of hydrogen-bond acceptors (Lipinski definition) is 3. The first-order valence-corrected chi connectivity index (χ1v) is 11.7. The molecule has 0 N–H and O–H groups in total. The first kappa shape index (κ1) is 20.9. The van der Waals surface area contributed by atoms with Crippen molar-refractivity contribution in [1.29, 1.82) is 0 Å². The molecule has 0 fully saturated rings. The Morgan fingerprint density at radius 1 is 1.14 bits per heavy atom. The lowest BCUT2D eigenvalue weighted by atomic mass is 9.87. The van der Waals surface area contributed by atoms with Gasteiger partial charge in [-0.2, -0.15) is 16.8 Å². The molecule has 0 atom stereocenters. The largest absolute Gasteiger partial charge is 0.315 e. The third kappa shape index (κ3) is 4.41. The molecular formula is C23H28N2OS2. The van der Waals surface area contributed by atoms with Gasteiger partial charge in [-0.1, -0.05) is 50.3 Å². The van der Waals surface area contributed by atoms with Gasteiger partial charge >= 0.3 is 0 Å². The molecule has 0 radical (unpaired) electrons. The maximum absolute atomic E-state index is 12.9. The van der Waals surface area contributed by atoms with Gasteiger partial charge in [-0.25, -0.2) is 0 Å². The molecule has 0 saturated carbocycles. The summed E-state index contributed by atoms with van der Waals surface area (Å²) < 4.78 is 3.40. The van der Waals surface area contributed by atoms with E-state index in [1.165, 1.54) is 26.9 Å². The highest BCUT2D eigenvalue weighted by Gasteiger charge is 2.15. The topological polar surface area (TPSA) is 34.4 Å². The van der Waals surface area contributed by atoms with Crippen molar-refractivity contribution in [2.24, 2.45) is 4.99 Å². The Hall–Kier alpha value is -1.85. The van der Waals surface area contributed by atoms with Gasteiger partial charge in [0, 0.05) is 17.9 Å². The zero-order valence-corrected chi connectivity index (χ0v) is 19.1. The number of amides is 1. The molecule has 0 aliphatic heterocycles. The summed E-state index contributed by atoms with van der Waals surface area (Å²) in [5.41, 5.74) is 5.56. The lowest BCUT2D eigenvalue weighted by Gasteiger charge is -2.18. The number of benzene rings is 2. The summed E-state index contributed by atoms with van der Waals surface area (Å²) in [6.45, 7) is 11.6. The van der Waals surface area contributed by atoms with Crippen LogP contribution in [0.2, 0.25) is 0 Å². The van der Waals surface area contributed by atoms with Gasteiger partial charge in [0.25, 0.3) is 5.91 Å². The van der Waals surface area contributed by atoms with Crippen LogP contribution in [0.25, 0.3) is 10.2 Å². The van der Waals surface area contributed by atoms with E-state index in [1.54, 1.807) is 23.1 Å². The highest BCUT2D eigenvalue weighted by atomic mass is 32.2. The first-order valence-electron chi connectivity index (χ1n) is 9.50. The van der Waals surface area contributed by atoms with E-state index in [4.69, 9.17) is 0 Å². The molecule has 1 amide bonds. The lowest BCUT2D eigenvalue weighted by molar-refractivity contribution is 0.0998. The SMILES string of the molecule is CSCCn1c(=NC(=O)c2ccc(C(C)(C)C)cc2)sc2c(C)cc(C)cc21. The van der Waals surface area contributed by atoms with Crippen LogP contribution in [0.5, 0.6) is 0 Å². The second-order valence-electron chi connectivity index (χ2n) is 8.20. The number of carbonyl (C=O) groups excluding carboxylic acids is 1. The van der Waals surface area contributed by atoms with Gasteiger partial charge in [0.1, 0.15) is 0 Å². The van der Waals surface area contributed by atoms with E-state index in [2.05, 4.69) is 62.6 Å². The van der Waals surface area contributed by atoms with Crippen molar-refractivity contribution < 1.29 is 4.79 Å². The summed E-state index contributed by atoms with van der Waals surface area (Å²) in [6.07, 6.45) is 2.10. The molecule has 0 aliphatic rings. The van der Waals surface area contributed by atoms with Crippen molar-refractivity contribution in [1.82, 2.24) is 4.57 Å². The fourth-order valence-corrected chi connectivity index (χ4v) is 4.73. The summed E-state index contributed by atoms with van der Waals surface area (Å²) in [4.78, 5) is 18.1. The molecule has 0 unspecified atom stereocenters. The Bertz CT molecular complexity index is 1070. The fraction of sp³-hybridized carbons (Fsp3) is 0.391. The molecule has 3 rings (SSSR count). The van der Waals surface area contributed by atoms with Crippen LogP contribution in [-0.2, 0) is 12.0 Å². The average Bonchev–Trinajstić information content (AvgIpc) is 2.96. The Labute approximate surface area is 175 Å². The molecule has 1 heterocycles. The number of thioether (sulfide) groups is 1. The number of rotatable bonds is 4. The number of aromatic nitrogens is 1. The maximum atomic E-state index is 12.9. The number of carbonyl (C=O) groups is 1. The summed E-state index contributed by atoms with van der Waals surface area (Å²) in [5, 5.41) is 0. The van der Waals surface area contributed by atoms with Gasteiger partial charge in [-0.05, 0) is 60.4 Å². The minimum Gasteiger partial charge on any atom is -0.315 e. The molecule has 3 nitrogen and oxygen atoms in total. The Morgan fingerprint density at radius 2 is 1.82 bits per heavy atom. The highest BCUT2D eigenvalue weighted by molar-refractivity contribution is 7.98.